The summed E-state index contributed by atoms with van der Waals surface area (Å²) in [5.41, 5.74) is 5.00. The van der Waals surface area contributed by atoms with Crippen LogP contribution in [0.4, 0.5) is 5.69 Å². The largest absolute Gasteiger partial charge is 0.368 e. The van der Waals surface area contributed by atoms with E-state index in [1.165, 1.54) is 16.8 Å². The Morgan fingerprint density at radius 2 is 2.06 bits per heavy atom. The van der Waals surface area contributed by atoms with Crippen molar-refractivity contribution in [2.24, 2.45) is 7.05 Å². The number of hydrogen-bond donors (Lipinski definition) is 0. The van der Waals surface area contributed by atoms with Crippen LogP contribution >= 0.6 is 0 Å². The normalized spacial score (nSPS) is 10.6. The fraction of sp³-hybridized carbons (Fsp3) is 0.385. The summed E-state index contributed by atoms with van der Waals surface area (Å²) >= 11 is 0. The molecule has 0 saturated carbocycles. The maximum absolute atomic E-state index is 3.94. The van der Waals surface area contributed by atoms with Gasteiger partial charge in [0.2, 0.25) is 0 Å². The molecule has 0 aliphatic heterocycles. The molecule has 1 aromatic carbocycles. The second-order valence-corrected chi connectivity index (χ2v) is 4.42. The first-order chi connectivity index (χ1) is 8.09. The van der Waals surface area contributed by atoms with Crippen molar-refractivity contribution in [3.05, 3.63) is 41.2 Å². The molecular formula is C13H18N4. The third kappa shape index (κ3) is 2.30. The molecule has 0 spiro atoms. The fourth-order valence-corrected chi connectivity index (χ4v) is 1.93. The van der Waals surface area contributed by atoms with Crippen LogP contribution in [0.1, 0.15) is 16.8 Å². The molecule has 2 rings (SSSR count). The van der Waals surface area contributed by atoms with Crippen LogP contribution in [0.3, 0.4) is 0 Å². The highest BCUT2D eigenvalue weighted by Crippen LogP contribution is 2.22. The maximum atomic E-state index is 3.94. The summed E-state index contributed by atoms with van der Waals surface area (Å²) in [6, 6.07) is 6.38. The lowest BCUT2D eigenvalue weighted by molar-refractivity contribution is 0.670. The predicted molar refractivity (Wildman–Crippen MR) is 69.0 cm³/mol. The highest BCUT2D eigenvalue weighted by molar-refractivity contribution is 5.55. The number of hydrogen-bond acceptors (Lipinski definition) is 3. The van der Waals surface area contributed by atoms with Crippen molar-refractivity contribution in [3.63, 3.8) is 0 Å². The van der Waals surface area contributed by atoms with Gasteiger partial charge in [-0.2, -0.15) is 0 Å². The van der Waals surface area contributed by atoms with Gasteiger partial charge in [-0.25, -0.2) is 0 Å². The molecule has 0 radical (unpaired) electrons. The van der Waals surface area contributed by atoms with Crippen LogP contribution in [0, 0.1) is 13.8 Å². The molecule has 2 aromatic rings. The van der Waals surface area contributed by atoms with Gasteiger partial charge in [0, 0.05) is 19.8 Å². The maximum Gasteiger partial charge on any atom is 0.0776 e. The number of benzene rings is 1. The molecule has 0 amide bonds. The van der Waals surface area contributed by atoms with E-state index in [0.717, 1.165) is 12.2 Å². The first-order valence-electron chi connectivity index (χ1n) is 5.70. The second kappa shape index (κ2) is 4.57. The van der Waals surface area contributed by atoms with Gasteiger partial charge in [0.25, 0.3) is 0 Å². The molecule has 0 atom stereocenters. The Kier molecular flexibility index (Phi) is 3.13. The zero-order valence-corrected chi connectivity index (χ0v) is 10.8. The summed E-state index contributed by atoms with van der Waals surface area (Å²) in [5, 5.41) is 7.84. The van der Waals surface area contributed by atoms with E-state index in [2.05, 4.69) is 54.3 Å². The molecule has 0 N–H and O–H groups in total. The molecule has 4 heteroatoms. The minimum Gasteiger partial charge on any atom is -0.368 e. The summed E-state index contributed by atoms with van der Waals surface area (Å²) in [6.07, 6.45) is 1.81. The summed E-state index contributed by atoms with van der Waals surface area (Å²) < 4.78 is 1.81. The summed E-state index contributed by atoms with van der Waals surface area (Å²) in [7, 11) is 4.01. The highest BCUT2D eigenvalue weighted by atomic mass is 15.4. The Balaban J connectivity index is 2.23. The minimum absolute atomic E-state index is 0.813. The Labute approximate surface area is 102 Å². The van der Waals surface area contributed by atoms with E-state index in [1.54, 1.807) is 0 Å². The SMILES string of the molecule is Cc1cccc(N(C)Cc2cnnn2C)c1C. The zero-order chi connectivity index (χ0) is 12.4. The number of rotatable bonds is 3. The van der Waals surface area contributed by atoms with Crippen molar-refractivity contribution in [2.45, 2.75) is 20.4 Å². The van der Waals surface area contributed by atoms with Gasteiger partial charge in [0.05, 0.1) is 18.4 Å². The van der Waals surface area contributed by atoms with Crippen LogP contribution < -0.4 is 4.90 Å². The Morgan fingerprint density at radius 3 is 2.71 bits per heavy atom. The van der Waals surface area contributed by atoms with Crippen molar-refractivity contribution >= 4 is 5.69 Å². The van der Waals surface area contributed by atoms with E-state index >= 15 is 0 Å². The lowest BCUT2D eigenvalue weighted by Crippen LogP contribution is -2.19. The van der Waals surface area contributed by atoms with Gasteiger partial charge in [0.1, 0.15) is 0 Å². The Morgan fingerprint density at radius 1 is 1.29 bits per heavy atom. The first kappa shape index (κ1) is 11.6. The van der Waals surface area contributed by atoms with Crippen LogP contribution in [0.25, 0.3) is 0 Å². The van der Waals surface area contributed by atoms with Crippen molar-refractivity contribution in [3.8, 4) is 0 Å². The zero-order valence-electron chi connectivity index (χ0n) is 10.8. The van der Waals surface area contributed by atoms with Crippen LogP contribution in [0.15, 0.2) is 24.4 Å². The molecule has 4 nitrogen and oxygen atoms in total. The minimum atomic E-state index is 0.813. The third-order valence-electron chi connectivity index (χ3n) is 3.19. The smallest absolute Gasteiger partial charge is 0.0776 e. The number of anilines is 1. The average Bonchev–Trinajstić information content (AvgIpc) is 2.68. The molecule has 90 valence electrons. The quantitative estimate of drug-likeness (QED) is 0.809. The van der Waals surface area contributed by atoms with Crippen molar-refractivity contribution in [1.82, 2.24) is 15.0 Å². The van der Waals surface area contributed by atoms with Gasteiger partial charge in [-0.15, -0.1) is 5.10 Å². The molecule has 0 aliphatic rings. The van der Waals surface area contributed by atoms with Crippen LogP contribution in [0.2, 0.25) is 0 Å². The lowest BCUT2D eigenvalue weighted by atomic mass is 10.1. The summed E-state index contributed by atoms with van der Waals surface area (Å²) in [4.78, 5) is 2.22. The van der Waals surface area contributed by atoms with Crippen LogP contribution in [0.5, 0.6) is 0 Å². The molecule has 17 heavy (non-hydrogen) atoms. The van der Waals surface area contributed by atoms with Crippen molar-refractivity contribution in [1.29, 1.82) is 0 Å². The van der Waals surface area contributed by atoms with Gasteiger partial charge in [-0.3, -0.25) is 4.68 Å². The monoisotopic (exact) mass is 230 g/mol. The van der Waals surface area contributed by atoms with Gasteiger partial charge < -0.3 is 4.90 Å². The molecule has 0 fully saturated rings. The average molecular weight is 230 g/mol. The number of aryl methyl sites for hydroxylation is 2. The molecule has 0 aliphatic carbocycles. The summed E-state index contributed by atoms with van der Waals surface area (Å²) in [5.74, 6) is 0. The van der Waals surface area contributed by atoms with Gasteiger partial charge >= 0.3 is 0 Å². The molecule has 0 saturated heterocycles. The van der Waals surface area contributed by atoms with Gasteiger partial charge in [-0.05, 0) is 31.0 Å². The molecule has 1 aromatic heterocycles. The van der Waals surface area contributed by atoms with E-state index in [-0.39, 0.29) is 0 Å². The predicted octanol–water partition coefficient (Wildman–Crippen LogP) is 2.07. The van der Waals surface area contributed by atoms with Gasteiger partial charge in [0.15, 0.2) is 0 Å². The fourth-order valence-electron chi connectivity index (χ4n) is 1.93. The van der Waals surface area contributed by atoms with E-state index in [4.69, 9.17) is 0 Å². The second-order valence-electron chi connectivity index (χ2n) is 4.42. The molecule has 0 bridgehead atoms. The van der Waals surface area contributed by atoms with E-state index in [9.17, 15) is 0 Å². The van der Waals surface area contributed by atoms with Crippen LogP contribution in [-0.4, -0.2) is 22.0 Å². The Hall–Kier alpha value is -1.84. The highest BCUT2D eigenvalue weighted by Gasteiger charge is 2.08. The number of nitrogens with zero attached hydrogens (tertiary/aromatic N) is 4. The van der Waals surface area contributed by atoms with E-state index < -0.39 is 0 Å². The van der Waals surface area contributed by atoms with E-state index in [0.29, 0.717) is 0 Å². The molecular weight excluding hydrogens is 212 g/mol. The van der Waals surface area contributed by atoms with E-state index in [1.807, 2.05) is 17.9 Å². The topological polar surface area (TPSA) is 34.0 Å². The lowest BCUT2D eigenvalue weighted by Gasteiger charge is -2.22. The third-order valence-corrected chi connectivity index (χ3v) is 3.19. The molecule has 0 unspecified atom stereocenters. The van der Waals surface area contributed by atoms with Crippen molar-refractivity contribution in [2.75, 3.05) is 11.9 Å². The van der Waals surface area contributed by atoms with Crippen LogP contribution in [-0.2, 0) is 13.6 Å². The molecule has 1 heterocycles. The standard InChI is InChI=1S/C13H18N4/c1-10-6-5-7-13(11(10)2)16(3)9-12-8-14-15-17(12)4/h5-8H,9H2,1-4H3. The summed E-state index contributed by atoms with van der Waals surface area (Å²) in [6.45, 7) is 5.11. The Bertz CT molecular complexity index is 516. The first-order valence-corrected chi connectivity index (χ1v) is 5.70. The van der Waals surface area contributed by atoms with Gasteiger partial charge in [-0.1, -0.05) is 17.3 Å². The van der Waals surface area contributed by atoms with Crippen molar-refractivity contribution < 1.29 is 0 Å². The number of aromatic nitrogens is 3.